The molecule has 0 bridgehead atoms. The Morgan fingerprint density at radius 1 is 1.03 bits per heavy atom. The third kappa shape index (κ3) is 5.61. The van der Waals surface area contributed by atoms with E-state index in [0.717, 1.165) is 32.9 Å². The SMILES string of the molecule is Cc1ccc2nc(-c3ccc(NCC(=O)c4cccc(S(=O)(=O)N5CC(C)CC(C)C5)c4)cc3)sc2c1. The van der Waals surface area contributed by atoms with Crippen LogP contribution in [0, 0.1) is 18.8 Å². The molecule has 192 valence electrons. The number of thiazole rings is 1. The molecular formula is C29H31N3O3S2. The largest absolute Gasteiger partial charge is 0.378 e. The smallest absolute Gasteiger partial charge is 0.243 e. The average Bonchev–Trinajstić information content (AvgIpc) is 3.30. The Bertz CT molecular complexity index is 1530. The third-order valence-corrected chi connectivity index (χ3v) is 9.65. The minimum Gasteiger partial charge on any atom is -0.378 e. The van der Waals surface area contributed by atoms with E-state index in [9.17, 15) is 13.2 Å². The van der Waals surface area contributed by atoms with Gasteiger partial charge in [-0.15, -0.1) is 11.3 Å². The number of piperidine rings is 1. The van der Waals surface area contributed by atoms with Gasteiger partial charge in [0.15, 0.2) is 5.78 Å². The molecule has 2 heterocycles. The molecule has 0 saturated carbocycles. The van der Waals surface area contributed by atoms with Crippen LogP contribution in [0.5, 0.6) is 0 Å². The first-order valence-corrected chi connectivity index (χ1v) is 14.8. The van der Waals surface area contributed by atoms with E-state index in [1.807, 2.05) is 30.3 Å². The molecule has 0 spiro atoms. The van der Waals surface area contributed by atoms with E-state index in [4.69, 9.17) is 4.98 Å². The minimum absolute atomic E-state index is 0.0705. The summed E-state index contributed by atoms with van der Waals surface area (Å²) < 4.78 is 29.2. The van der Waals surface area contributed by atoms with Crippen LogP contribution >= 0.6 is 11.3 Å². The van der Waals surface area contributed by atoms with E-state index in [2.05, 4.69) is 38.2 Å². The van der Waals surface area contributed by atoms with Crippen molar-refractivity contribution in [2.24, 2.45) is 11.8 Å². The highest BCUT2D eigenvalue weighted by atomic mass is 32.2. The lowest BCUT2D eigenvalue weighted by atomic mass is 9.94. The number of nitrogens with one attached hydrogen (secondary N) is 1. The summed E-state index contributed by atoms with van der Waals surface area (Å²) in [5.41, 5.74) is 4.43. The lowest BCUT2D eigenvalue weighted by Gasteiger charge is -2.34. The molecule has 1 aliphatic heterocycles. The van der Waals surface area contributed by atoms with Crippen LogP contribution in [0.2, 0.25) is 0 Å². The van der Waals surface area contributed by atoms with Crippen LogP contribution < -0.4 is 5.32 Å². The third-order valence-electron chi connectivity index (χ3n) is 6.76. The van der Waals surface area contributed by atoms with E-state index in [0.29, 0.717) is 30.5 Å². The van der Waals surface area contributed by atoms with Gasteiger partial charge in [-0.05, 0) is 79.3 Å². The fourth-order valence-corrected chi connectivity index (χ4v) is 7.75. The van der Waals surface area contributed by atoms with Gasteiger partial charge in [0.2, 0.25) is 10.0 Å². The molecule has 1 aromatic heterocycles. The molecule has 37 heavy (non-hydrogen) atoms. The molecule has 0 amide bonds. The fraction of sp³-hybridized carbons (Fsp3) is 0.310. The van der Waals surface area contributed by atoms with Crippen LogP contribution in [0.4, 0.5) is 5.69 Å². The highest BCUT2D eigenvalue weighted by Gasteiger charge is 2.32. The summed E-state index contributed by atoms with van der Waals surface area (Å²) in [5, 5.41) is 4.12. The van der Waals surface area contributed by atoms with Crippen LogP contribution in [0.3, 0.4) is 0 Å². The number of nitrogens with zero attached hydrogens (tertiary/aromatic N) is 2. The molecule has 2 unspecified atom stereocenters. The second kappa shape index (κ2) is 10.4. The van der Waals surface area contributed by atoms with Crippen LogP contribution in [0.1, 0.15) is 36.2 Å². The van der Waals surface area contributed by atoms with Crippen molar-refractivity contribution in [1.29, 1.82) is 0 Å². The first-order valence-electron chi connectivity index (χ1n) is 12.5. The molecule has 8 heteroatoms. The topological polar surface area (TPSA) is 79.4 Å². The Kier molecular flexibility index (Phi) is 7.16. The average molecular weight is 534 g/mol. The molecule has 1 N–H and O–H groups in total. The number of rotatable bonds is 7. The number of benzene rings is 3. The van der Waals surface area contributed by atoms with Crippen LogP contribution in [-0.2, 0) is 10.0 Å². The standard InChI is InChI=1S/C29H31N3O3S2/c1-19-7-12-26-28(14-19)36-29(31-26)22-8-10-24(11-9-22)30-16-27(33)23-5-4-6-25(15-23)37(34,35)32-17-20(2)13-21(3)18-32/h4-12,14-15,20-21,30H,13,16-18H2,1-3H3. The summed E-state index contributed by atoms with van der Waals surface area (Å²) in [4.78, 5) is 17.8. The number of ketones is 1. The number of fused-ring (bicyclic) bond motifs is 1. The Hall–Kier alpha value is -3.07. The molecule has 3 aromatic carbocycles. The van der Waals surface area contributed by atoms with Gasteiger partial charge < -0.3 is 5.32 Å². The molecule has 0 aliphatic carbocycles. The van der Waals surface area contributed by atoms with Crippen LogP contribution in [0.15, 0.2) is 71.6 Å². The fourth-order valence-electron chi connectivity index (χ4n) is 4.95. The highest BCUT2D eigenvalue weighted by molar-refractivity contribution is 7.89. The number of carbonyl (C=O) groups is 1. The lowest BCUT2D eigenvalue weighted by molar-refractivity contribution is 0.101. The van der Waals surface area contributed by atoms with Gasteiger partial charge in [0, 0.05) is 29.9 Å². The normalized spacial score (nSPS) is 18.7. The number of sulfonamides is 1. The zero-order valence-electron chi connectivity index (χ0n) is 21.3. The van der Waals surface area contributed by atoms with Crippen molar-refractivity contribution in [3.05, 3.63) is 77.9 Å². The van der Waals surface area contributed by atoms with Crippen molar-refractivity contribution < 1.29 is 13.2 Å². The van der Waals surface area contributed by atoms with Crippen molar-refractivity contribution >= 4 is 43.0 Å². The van der Waals surface area contributed by atoms with Crippen molar-refractivity contribution in [2.45, 2.75) is 32.1 Å². The maximum atomic E-state index is 13.2. The van der Waals surface area contributed by atoms with Gasteiger partial charge in [-0.1, -0.05) is 32.0 Å². The Labute approximate surface area is 222 Å². The molecule has 6 nitrogen and oxygen atoms in total. The molecule has 0 radical (unpaired) electrons. The van der Waals surface area contributed by atoms with E-state index >= 15 is 0 Å². The first-order chi connectivity index (χ1) is 17.7. The summed E-state index contributed by atoms with van der Waals surface area (Å²) in [6, 6.07) is 20.5. The monoisotopic (exact) mass is 533 g/mol. The zero-order valence-corrected chi connectivity index (χ0v) is 22.9. The number of aromatic nitrogens is 1. The Morgan fingerprint density at radius 2 is 1.76 bits per heavy atom. The molecule has 1 saturated heterocycles. The van der Waals surface area contributed by atoms with Crippen molar-refractivity contribution in [1.82, 2.24) is 9.29 Å². The number of carbonyl (C=O) groups excluding carboxylic acids is 1. The minimum atomic E-state index is -3.64. The molecule has 5 rings (SSSR count). The van der Waals surface area contributed by atoms with Gasteiger partial charge >= 0.3 is 0 Å². The summed E-state index contributed by atoms with van der Waals surface area (Å²) in [7, 11) is -3.64. The van der Waals surface area contributed by atoms with Crippen LogP contribution in [0.25, 0.3) is 20.8 Å². The predicted octanol–water partition coefficient (Wildman–Crippen LogP) is 6.23. The van der Waals surface area contributed by atoms with Gasteiger partial charge in [0.1, 0.15) is 5.01 Å². The summed E-state index contributed by atoms with van der Waals surface area (Å²) >= 11 is 1.66. The number of Topliss-reactive ketones (excluding diaryl/α,β-unsaturated/α-hetero) is 1. The van der Waals surface area contributed by atoms with E-state index in [-0.39, 0.29) is 17.2 Å². The van der Waals surface area contributed by atoms with E-state index < -0.39 is 10.0 Å². The molecule has 1 fully saturated rings. The maximum Gasteiger partial charge on any atom is 0.243 e. The summed E-state index contributed by atoms with van der Waals surface area (Å²) in [6.07, 6.45) is 1.03. The van der Waals surface area contributed by atoms with E-state index in [1.165, 1.54) is 11.6 Å². The van der Waals surface area contributed by atoms with Crippen molar-refractivity contribution in [3.63, 3.8) is 0 Å². The number of aryl methyl sites for hydroxylation is 1. The first kappa shape index (κ1) is 25.6. The predicted molar refractivity (Wildman–Crippen MR) is 151 cm³/mol. The lowest BCUT2D eigenvalue weighted by Crippen LogP contribution is -2.42. The zero-order chi connectivity index (χ0) is 26.2. The van der Waals surface area contributed by atoms with Crippen molar-refractivity contribution in [3.8, 4) is 10.6 Å². The number of hydrogen-bond donors (Lipinski definition) is 1. The van der Waals surface area contributed by atoms with Gasteiger partial charge in [-0.3, -0.25) is 4.79 Å². The summed E-state index contributed by atoms with van der Waals surface area (Å²) in [5.74, 6) is 0.471. The van der Waals surface area contributed by atoms with Gasteiger partial charge in [0.05, 0.1) is 21.7 Å². The molecule has 4 aromatic rings. The van der Waals surface area contributed by atoms with Gasteiger partial charge in [0.25, 0.3) is 0 Å². The second-order valence-electron chi connectivity index (χ2n) is 10.1. The second-order valence-corrected chi connectivity index (χ2v) is 13.1. The van der Waals surface area contributed by atoms with Gasteiger partial charge in [-0.25, -0.2) is 13.4 Å². The molecule has 2 atom stereocenters. The highest BCUT2D eigenvalue weighted by Crippen LogP contribution is 2.31. The van der Waals surface area contributed by atoms with Gasteiger partial charge in [-0.2, -0.15) is 4.31 Å². The number of anilines is 1. The number of hydrogen-bond acceptors (Lipinski definition) is 6. The summed E-state index contributed by atoms with van der Waals surface area (Å²) in [6.45, 7) is 7.33. The maximum absolute atomic E-state index is 13.2. The molecular weight excluding hydrogens is 502 g/mol. The quantitative estimate of drug-likeness (QED) is 0.285. The Balaban J connectivity index is 1.25. The van der Waals surface area contributed by atoms with Crippen molar-refractivity contribution in [2.75, 3.05) is 25.0 Å². The molecule has 1 aliphatic rings. The van der Waals surface area contributed by atoms with Crippen LogP contribution in [-0.4, -0.2) is 43.1 Å². The Morgan fingerprint density at radius 3 is 2.49 bits per heavy atom. The van der Waals surface area contributed by atoms with E-state index in [1.54, 1.807) is 33.8 Å².